The zero-order valence-electron chi connectivity index (χ0n) is 12.1. The van der Waals surface area contributed by atoms with Crippen LogP contribution in [-0.2, 0) is 0 Å². The molecule has 0 aliphatic carbocycles. The number of nitrogens with one attached hydrogen (secondary N) is 1. The number of rotatable bonds is 6. The fourth-order valence-corrected chi connectivity index (χ4v) is 1.95. The summed E-state index contributed by atoms with van der Waals surface area (Å²) in [6, 6.07) is 5.31. The number of methoxy groups -OCH3 is 1. The minimum Gasteiger partial charge on any atom is -0.497 e. The minimum absolute atomic E-state index is 0.164. The van der Waals surface area contributed by atoms with Gasteiger partial charge in [-0.05, 0) is 43.0 Å². The van der Waals surface area contributed by atoms with Gasteiger partial charge in [-0.15, -0.1) is 0 Å². The number of hydrogen-bond acceptors (Lipinski definition) is 3. The topological polar surface area (TPSA) is 58.6 Å². The van der Waals surface area contributed by atoms with Gasteiger partial charge in [-0.3, -0.25) is 4.79 Å². The molecule has 0 heterocycles. The number of aliphatic hydroxyl groups is 1. The molecular weight excluding hydrogens is 242 g/mol. The molecular formula is C15H23NO3. The van der Waals surface area contributed by atoms with Crippen LogP contribution in [0.15, 0.2) is 18.2 Å². The number of ether oxygens (including phenoxy) is 1. The number of aryl methyl sites for hydroxylation is 1. The Kier molecular flexibility index (Phi) is 5.83. The first-order valence-corrected chi connectivity index (χ1v) is 6.55. The van der Waals surface area contributed by atoms with E-state index in [1.54, 1.807) is 19.2 Å². The molecule has 0 radical (unpaired) electrons. The largest absolute Gasteiger partial charge is 0.497 e. The molecule has 1 atom stereocenters. The number of amides is 1. The molecule has 19 heavy (non-hydrogen) atoms. The highest BCUT2D eigenvalue weighted by atomic mass is 16.5. The minimum atomic E-state index is -0.498. The molecule has 0 saturated heterocycles. The van der Waals surface area contributed by atoms with Crippen molar-refractivity contribution in [3.8, 4) is 5.75 Å². The fourth-order valence-electron chi connectivity index (χ4n) is 1.95. The van der Waals surface area contributed by atoms with E-state index in [4.69, 9.17) is 4.74 Å². The lowest BCUT2D eigenvalue weighted by molar-refractivity contribution is 0.0899. The van der Waals surface area contributed by atoms with E-state index in [1.807, 2.05) is 26.8 Å². The first kappa shape index (κ1) is 15.5. The highest BCUT2D eigenvalue weighted by molar-refractivity contribution is 5.95. The van der Waals surface area contributed by atoms with Crippen molar-refractivity contribution in [2.75, 3.05) is 13.7 Å². The Morgan fingerprint density at radius 3 is 2.63 bits per heavy atom. The first-order chi connectivity index (χ1) is 8.93. The molecule has 0 aliphatic heterocycles. The third-order valence-electron chi connectivity index (χ3n) is 2.92. The molecule has 0 aliphatic rings. The number of aliphatic hydroxyl groups excluding tert-OH is 1. The van der Waals surface area contributed by atoms with E-state index in [9.17, 15) is 9.90 Å². The highest BCUT2D eigenvalue weighted by Gasteiger charge is 2.12. The molecule has 1 rings (SSSR count). The summed E-state index contributed by atoms with van der Waals surface area (Å²) in [5, 5.41) is 12.5. The van der Waals surface area contributed by atoms with Crippen molar-refractivity contribution in [3.05, 3.63) is 29.3 Å². The highest BCUT2D eigenvalue weighted by Crippen LogP contribution is 2.16. The summed E-state index contributed by atoms with van der Waals surface area (Å²) in [6.07, 6.45) is 0.185. The number of carbonyl (C=O) groups is 1. The predicted octanol–water partition coefficient (Wildman–Crippen LogP) is 2.14. The van der Waals surface area contributed by atoms with Crippen molar-refractivity contribution in [2.24, 2.45) is 5.92 Å². The maximum Gasteiger partial charge on any atom is 0.251 e. The smallest absolute Gasteiger partial charge is 0.251 e. The van der Waals surface area contributed by atoms with E-state index in [1.165, 1.54) is 0 Å². The van der Waals surface area contributed by atoms with Gasteiger partial charge in [-0.1, -0.05) is 13.8 Å². The summed E-state index contributed by atoms with van der Waals surface area (Å²) in [7, 11) is 1.59. The zero-order valence-corrected chi connectivity index (χ0v) is 12.1. The third-order valence-corrected chi connectivity index (χ3v) is 2.92. The van der Waals surface area contributed by atoms with E-state index in [2.05, 4.69) is 5.32 Å². The molecule has 1 aromatic carbocycles. The fraction of sp³-hybridized carbons (Fsp3) is 0.533. The van der Waals surface area contributed by atoms with Crippen LogP contribution in [0.4, 0.5) is 0 Å². The van der Waals surface area contributed by atoms with Crippen LogP contribution in [-0.4, -0.2) is 30.8 Å². The molecule has 4 nitrogen and oxygen atoms in total. The van der Waals surface area contributed by atoms with Crippen molar-refractivity contribution in [1.29, 1.82) is 0 Å². The molecule has 0 fully saturated rings. The summed E-state index contributed by atoms with van der Waals surface area (Å²) in [5.41, 5.74) is 1.47. The van der Waals surface area contributed by atoms with Gasteiger partial charge in [0.1, 0.15) is 5.75 Å². The van der Waals surface area contributed by atoms with Gasteiger partial charge < -0.3 is 15.2 Å². The third kappa shape index (κ3) is 4.91. The summed E-state index contributed by atoms with van der Waals surface area (Å²) in [5.74, 6) is 0.978. The van der Waals surface area contributed by atoms with Gasteiger partial charge in [0.2, 0.25) is 0 Å². The molecule has 0 spiro atoms. The normalized spacial score (nSPS) is 12.3. The maximum atomic E-state index is 12.0. The summed E-state index contributed by atoms with van der Waals surface area (Å²) < 4.78 is 5.10. The van der Waals surface area contributed by atoms with E-state index >= 15 is 0 Å². The van der Waals surface area contributed by atoms with E-state index in [0.29, 0.717) is 17.9 Å². The van der Waals surface area contributed by atoms with Crippen LogP contribution in [0, 0.1) is 12.8 Å². The molecule has 0 aromatic heterocycles. The lowest BCUT2D eigenvalue weighted by Gasteiger charge is -2.14. The van der Waals surface area contributed by atoms with Crippen molar-refractivity contribution >= 4 is 5.91 Å². The average molecular weight is 265 g/mol. The SMILES string of the molecule is COc1ccc(C(=O)NCC(O)CC(C)C)c(C)c1. The Balaban J connectivity index is 2.58. The Hall–Kier alpha value is -1.55. The van der Waals surface area contributed by atoms with Gasteiger partial charge in [-0.2, -0.15) is 0 Å². The summed E-state index contributed by atoms with van der Waals surface area (Å²) in [6.45, 7) is 6.22. The number of benzene rings is 1. The second-order valence-corrected chi connectivity index (χ2v) is 5.17. The number of hydrogen-bond donors (Lipinski definition) is 2. The zero-order chi connectivity index (χ0) is 14.4. The van der Waals surface area contributed by atoms with Crippen LogP contribution >= 0.6 is 0 Å². The Labute approximate surface area is 114 Å². The monoisotopic (exact) mass is 265 g/mol. The van der Waals surface area contributed by atoms with E-state index in [-0.39, 0.29) is 12.5 Å². The molecule has 1 amide bonds. The van der Waals surface area contributed by atoms with Gasteiger partial charge in [0.05, 0.1) is 13.2 Å². The van der Waals surface area contributed by atoms with Crippen LogP contribution < -0.4 is 10.1 Å². The second-order valence-electron chi connectivity index (χ2n) is 5.17. The van der Waals surface area contributed by atoms with Crippen molar-refractivity contribution < 1.29 is 14.6 Å². The van der Waals surface area contributed by atoms with Gasteiger partial charge in [-0.25, -0.2) is 0 Å². The number of carbonyl (C=O) groups excluding carboxylic acids is 1. The van der Waals surface area contributed by atoms with Crippen LogP contribution in [0.3, 0.4) is 0 Å². The van der Waals surface area contributed by atoms with Crippen molar-refractivity contribution in [2.45, 2.75) is 33.3 Å². The van der Waals surface area contributed by atoms with Crippen LogP contribution in [0.2, 0.25) is 0 Å². The maximum absolute atomic E-state index is 12.0. The lowest BCUT2D eigenvalue weighted by Crippen LogP contribution is -2.33. The quantitative estimate of drug-likeness (QED) is 0.828. The lowest BCUT2D eigenvalue weighted by atomic mass is 10.1. The Bertz CT molecular complexity index is 429. The Morgan fingerprint density at radius 1 is 1.42 bits per heavy atom. The van der Waals surface area contributed by atoms with E-state index in [0.717, 1.165) is 11.3 Å². The summed E-state index contributed by atoms with van der Waals surface area (Å²) in [4.78, 5) is 12.0. The first-order valence-electron chi connectivity index (χ1n) is 6.55. The molecule has 1 unspecified atom stereocenters. The van der Waals surface area contributed by atoms with Crippen LogP contribution in [0.5, 0.6) is 5.75 Å². The standard InChI is InChI=1S/C15H23NO3/c1-10(2)7-12(17)9-16-15(18)14-6-5-13(19-4)8-11(14)3/h5-6,8,10,12,17H,7,9H2,1-4H3,(H,16,18). The average Bonchev–Trinajstić information content (AvgIpc) is 2.35. The second kappa shape index (κ2) is 7.14. The predicted molar refractivity (Wildman–Crippen MR) is 75.5 cm³/mol. The molecule has 106 valence electrons. The van der Waals surface area contributed by atoms with E-state index < -0.39 is 6.10 Å². The Morgan fingerprint density at radius 2 is 2.11 bits per heavy atom. The van der Waals surface area contributed by atoms with Crippen molar-refractivity contribution in [3.63, 3.8) is 0 Å². The van der Waals surface area contributed by atoms with Gasteiger partial charge in [0.15, 0.2) is 0 Å². The van der Waals surface area contributed by atoms with Gasteiger partial charge in [0.25, 0.3) is 5.91 Å². The van der Waals surface area contributed by atoms with Gasteiger partial charge >= 0.3 is 0 Å². The molecule has 0 saturated carbocycles. The molecule has 4 heteroatoms. The van der Waals surface area contributed by atoms with Crippen molar-refractivity contribution in [1.82, 2.24) is 5.32 Å². The van der Waals surface area contributed by atoms with Crippen LogP contribution in [0.1, 0.15) is 36.2 Å². The molecule has 1 aromatic rings. The molecule has 0 bridgehead atoms. The van der Waals surface area contributed by atoms with Gasteiger partial charge in [0, 0.05) is 12.1 Å². The van der Waals surface area contributed by atoms with Crippen LogP contribution in [0.25, 0.3) is 0 Å². The summed E-state index contributed by atoms with van der Waals surface area (Å²) >= 11 is 0. The molecule has 2 N–H and O–H groups in total.